The predicted octanol–water partition coefficient (Wildman–Crippen LogP) is 3.99. The Labute approximate surface area is 169 Å². The van der Waals surface area contributed by atoms with Crippen LogP contribution in [0, 0.1) is 5.82 Å². The fraction of sp³-hybridized carbons (Fsp3) is 0.391. The van der Waals surface area contributed by atoms with Crippen LogP contribution >= 0.6 is 0 Å². The lowest BCUT2D eigenvalue weighted by Gasteiger charge is -2.34. The highest BCUT2D eigenvalue weighted by molar-refractivity contribution is 5.84. The van der Waals surface area contributed by atoms with Gasteiger partial charge in [0.2, 0.25) is 0 Å². The lowest BCUT2D eigenvalue weighted by atomic mass is 9.87. The third kappa shape index (κ3) is 3.16. The number of benzene rings is 2. The monoisotopic (exact) mass is 396 g/mol. The Morgan fingerprint density at radius 2 is 1.97 bits per heavy atom. The molecule has 29 heavy (non-hydrogen) atoms. The molecule has 0 spiro atoms. The van der Waals surface area contributed by atoms with E-state index in [4.69, 9.17) is 13.9 Å². The SMILES string of the molecule is COc1cccc2cc(C3CN(C)Cc4c3ccc(N3CCOCC3)c4F)oc12. The highest BCUT2D eigenvalue weighted by Gasteiger charge is 2.31. The number of furan rings is 1. The van der Waals surface area contributed by atoms with E-state index in [2.05, 4.69) is 21.9 Å². The maximum Gasteiger partial charge on any atom is 0.176 e. The van der Waals surface area contributed by atoms with Crippen LogP contribution in [0.15, 0.2) is 40.8 Å². The highest BCUT2D eigenvalue weighted by atomic mass is 19.1. The van der Waals surface area contributed by atoms with Crippen LogP contribution in [0.25, 0.3) is 11.0 Å². The first-order valence-electron chi connectivity index (χ1n) is 10.0. The summed E-state index contributed by atoms with van der Waals surface area (Å²) in [4.78, 5) is 4.23. The minimum atomic E-state index is -0.116. The Balaban J connectivity index is 1.58. The van der Waals surface area contributed by atoms with E-state index >= 15 is 4.39 Å². The van der Waals surface area contributed by atoms with Gasteiger partial charge in [-0.2, -0.15) is 0 Å². The average Bonchev–Trinajstić information content (AvgIpc) is 3.19. The van der Waals surface area contributed by atoms with Gasteiger partial charge in [0.15, 0.2) is 17.1 Å². The maximum absolute atomic E-state index is 15.6. The van der Waals surface area contributed by atoms with Crippen molar-refractivity contribution in [2.75, 3.05) is 51.9 Å². The Morgan fingerprint density at radius 3 is 2.76 bits per heavy atom. The summed E-state index contributed by atoms with van der Waals surface area (Å²) < 4.78 is 32.6. The van der Waals surface area contributed by atoms with E-state index < -0.39 is 0 Å². The van der Waals surface area contributed by atoms with E-state index in [-0.39, 0.29) is 11.7 Å². The summed E-state index contributed by atoms with van der Waals surface area (Å²) in [5.74, 6) is 1.42. The number of para-hydroxylation sites is 1. The molecule has 2 aliphatic rings. The summed E-state index contributed by atoms with van der Waals surface area (Å²) in [6.07, 6.45) is 0. The van der Waals surface area contributed by atoms with Crippen molar-refractivity contribution in [2.45, 2.75) is 12.5 Å². The van der Waals surface area contributed by atoms with Crippen molar-refractivity contribution < 1.29 is 18.3 Å². The summed E-state index contributed by atoms with van der Waals surface area (Å²) in [7, 11) is 3.67. The lowest BCUT2D eigenvalue weighted by Crippen LogP contribution is -2.38. The normalized spacial score (nSPS) is 20.1. The zero-order valence-electron chi connectivity index (χ0n) is 16.8. The van der Waals surface area contributed by atoms with Crippen LogP contribution in [-0.2, 0) is 11.3 Å². The first-order chi connectivity index (χ1) is 14.2. The largest absolute Gasteiger partial charge is 0.493 e. The molecule has 2 aromatic carbocycles. The van der Waals surface area contributed by atoms with Crippen LogP contribution in [0.4, 0.5) is 10.1 Å². The summed E-state index contributed by atoms with van der Waals surface area (Å²) in [6.45, 7) is 4.10. The molecule has 5 rings (SSSR count). The minimum absolute atomic E-state index is 0.0194. The second-order valence-electron chi connectivity index (χ2n) is 7.84. The molecule has 1 saturated heterocycles. The first-order valence-corrected chi connectivity index (χ1v) is 10.0. The van der Waals surface area contributed by atoms with E-state index in [1.54, 1.807) is 7.11 Å². The first kappa shape index (κ1) is 18.5. The van der Waals surface area contributed by atoms with Gasteiger partial charge in [-0.25, -0.2) is 4.39 Å². The van der Waals surface area contributed by atoms with Gasteiger partial charge in [0.1, 0.15) is 5.76 Å². The van der Waals surface area contributed by atoms with Crippen molar-refractivity contribution in [3.8, 4) is 5.75 Å². The quantitative estimate of drug-likeness (QED) is 0.669. The smallest absolute Gasteiger partial charge is 0.176 e. The Hall–Kier alpha value is -2.57. The van der Waals surface area contributed by atoms with Gasteiger partial charge in [-0.15, -0.1) is 0 Å². The van der Waals surface area contributed by atoms with Crippen LogP contribution < -0.4 is 9.64 Å². The number of methoxy groups -OCH3 is 1. The summed E-state index contributed by atoms with van der Waals surface area (Å²) in [5.41, 5.74) is 3.19. The van der Waals surface area contributed by atoms with Crippen molar-refractivity contribution >= 4 is 16.7 Å². The van der Waals surface area contributed by atoms with Crippen LogP contribution in [0.5, 0.6) is 5.75 Å². The molecule has 6 heteroatoms. The van der Waals surface area contributed by atoms with Crippen molar-refractivity contribution in [1.29, 1.82) is 0 Å². The number of halogens is 1. The molecule has 1 aromatic heterocycles. The molecule has 3 aromatic rings. The second-order valence-corrected chi connectivity index (χ2v) is 7.84. The topological polar surface area (TPSA) is 38.1 Å². The van der Waals surface area contributed by atoms with Gasteiger partial charge in [-0.3, -0.25) is 0 Å². The molecule has 5 nitrogen and oxygen atoms in total. The Bertz CT molecular complexity index is 1040. The molecule has 1 unspecified atom stereocenters. The van der Waals surface area contributed by atoms with E-state index in [0.29, 0.717) is 31.2 Å². The second kappa shape index (κ2) is 7.35. The maximum atomic E-state index is 15.6. The molecule has 3 heterocycles. The van der Waals surface area contributed by atoms with E-state index in [1.165, 1.54) is 0 Å². The molecule has 0 N–H and O–H groups in total. The molecular formula is C23H25FN2O3. The number of ether oxygens (including phenoxy) is 2. The van der Waals surface area contributed by atoms with Crippen LogP contribution in [0.1, 0.15) is 22.8 Å². The van der Waals surface area contributed by atoms with E-state index in [9.17, 15) is 0 Å². The fourth-order valence-electron chi connectivity index (χ4n) is 4.54. The molecule has 152 valence electrons. The molecule has 0 radical (unpaired) electrons. The van der Waals surface area contributed by atoms with Crippen molar-refractivity contribution in [1.82, 2.24) is 4.90 Å². The zero-order chi connectivity index (χ0) is 20.0. The van der Waals surface area contributed by atoms with Crippen LogP contribution in [-0.4, -0.2) is 51.9 Å². The summed E-state index contributed by atoms with van der Waals surface area (Å²) >= 11 is 0. The predicted molar refractivity (Wildman–Crippen MR) is 110 cm³/mol. The molecule has 0 saturated carbocycles. The fourth-order valence-corrected chi connectivity index (χ4v) is 4.54. The number of fused-ring (bicyclic) bond motifs is 2. The molecule has 2 aliphatic heterocycles. The number of hydrogen-bond acceptors (Lipinski definition) is 5. The molecule has 0 amide bonds. The number of likely N-dealkylation sites (N-methyl/N-ethyl adjacent to an activating group) is 1. The van der Waals surface area contributed by atoms with Crippen LogP contribution in [0.2, 0.25) is 0 Å². The third-order valence-corrected chi connectivity index (χ3v) is 6.00. The number of morpholine rings is 1. The van der Waals surface area contributed by atoms with E-state index in [1.807, 2.05) is 31.3 Å². The van der Waals surface area contributed by atoms with Gasteiger partial charge in [-0.1, -0.05) is 18.2 Å². The minimum Gasteiger partial charge on any atom is -0.493 e. The molecular weight excluding hydrogens is 371 g/mol. The Morgan fingerprint density at radius 1 is 1.14 bits per heavy atom. The zero-order valence-corrected chi connectivity index (χ0v) is 16.8. The van der Waals surface area contributed by atoms with Gasteiger partial charge in [0.05, 0.1) is 31.9 Å². The molecule has 1 fully saturated rings. The number of rotatable bonds is 3. The summed E-state index contributed by atoms with van der Waals surface area (Å²) in [6, 6.07) is 11.9. The molecule has 0 bridgehead atoms. The van der Waals surface area contributed by atoms with Crippen molar-refractivity contribution in [3.63, 3.8) is 0 Å². The molecule has 0 aliphatic carbocycles. The number of hydrogen-bond donors (Lipinski definition) is 0. The van der Waals surface area contributed by atoms with Gasteiger partial charge in [-0.05, 0) is 30.8 Å². The van der Waals surface area contributed by atoms with Crippen molar-refractivity contribution in [3.05, 3.63) is 59.1 Å². The molecule has 1 atom stereocenters. The van der Waals surface area contributed by atoms with E-state index in [0.717, 1.165) is 47.5 Å². The summed E-state index contributed by atoms with van der Waals surface area (Å²) in [5, 5.41) is 1.000. The standard InChI is InChI=1S/C23H25FN2O3/c1-25-13-17(21-12-15-4-3-5-20(27-2)23(15)29-21)16-6-7-19(22(24)18(16)14-25)26-8-10-28-11-9-26/h3-7,12,17H,8-11,13-14H2,1-2H3. The number of nitrogens with zero attached hydrogens (tertiary/aromatic N) is 2. The Kier molecular flexibility index (Phi) is 4.68. The van der Waals surface area contributed by atoms with Crippen molar-refractivity contribution in [2.24, 2.45) is 0 Å². The third-order valence-electron chi connectivity index (χ3n) is 6.00. The van der Waals surface area contributed by atoms with Gasteiger partial charge < -0.3 is 23.7 Å². The van der Waals surface area contributed by atoms with Gasteiger partial charge in [0.25, 0.3) is 0 Å². The lowest BCUT2D eigenvalue weighted by molar-refractivity contribution is 0.122. The van der Waals surface area contributed by atoms with Gasteiger partial charge in [0, 0.05) is 37.1 Å². The highest BCUT2D eigenvalue weighted by Crippen LogP contribution is 2.40. The number of anilines is 1. The van der Waals surface area contributed by atoms with Gasteiger partial charge >= 0.3 is 0 Å². The van der Waals surface area contributed by atoms with Crippen LogP contribution in [0.3, 0.4) is 0 Å². The average molecular weight is 396 g/mol.